The lowest BCUT2D eigenvalue weighted by Crippen LogP contribution is -2.42. The molecule has 2 fully saturated rings. The summed E-state index contributed by atoms with van der Waals surface area (Å²) in [5.74, 6) is 3.40. The third kappa shape index (κ3) is 1.60. The molecule has 0 amide bonds. The van der Waals surface area contributed by atoms with Crippen LogP contribution in [0.1, 0.15) is 19.3 Å². The van der Waals surface area contributed by atoms with Crippen LogP contribution in [0.3, 0.4) is 0 Å². The van der Waals surface area contributed by atoms with Gasteiger partial charge in [-0.3, -0.25) is 0 Å². The van der Waals surface area contributed by atoms with E-state index < -0.39 is 0 Å². The zero-order valence-electron chi connectivity index (χ0n) is 12.2. The summed E-state index contributed by atoms with van der Waals surface area (Å²) in [6, 6.07) is 4.86. The molecule has 1 aromatic carbocycles. The Morgan fingerprint density at radius 1 is 1.15 bits per heavy atom. The number of nitrogens with one attached hydrogen (secondary N) is 1. The van der Waals surface area contributed by atoms with Crippen molar-refractivity contribution in [3.63, 3.8) is 0 Å². The highest BCUT2D eigenvalue weighted by atomic mass is 16.5. The summed E-state index contributed by atoms with van der Waals surface area (Å²) in [6.07, 6.45) is 4.22. The predicted molar refractivity (Wildman–Crippen MR) is 80.0 cm³/mol. The molecule has 2 aliphatic heterocycles. The van der Waals surface area contributed by atoms with E-state index in [0.717, 1.165) is 29.9 Å². The van der Waals surface area contributed by atoms with Gasteiger partial charge in [0.1, 0.15) is 0 Å². The fourth-order valence-corrected chi connectivity index (χ4v) is 4.42. The third-order valence-electron chi connectivity index (χ3n) is 5.36. The Labute approximate surface area is 120 Å². The van der Waals surface area contributed by atoms with Gasteiger partial charge in [-0.2, -0.15) is 0 Å². The Balaban J connectivity index is 1.74. The molecule has 108 valence electrons. The number of anilines is 2. The monoisotopic (exact) mass is 274 g/mol. The second kappa shape index (κ2) is 4.47. The molecule has 1 aliphatic carbocycles. The van der Waals surface area contributed by atoms with Crippen molar-refractivity contribution in [1.29, 1.82) is 0 Å². The summed E-state index contributed by atoms with van der Waals surface area (Å²) >= 11 is 0. The maximum atomic E-state index is 5.47. The lowest BCUT2D eigenvalue weighted by Gasteiger charge is -2.37. The van der Waals surface area contributed by atoms with E-state index in [9.17, 15) is 0 Å². The minimum Gasteiger partial charge on any atom is -0.493 e. The molecule has 0 spiro atoms. The Hall–Kier alpha value is -1.58. The quantitative estimate of drug-likeness (QED) is 0.899. The van der Waals surface area contributed by atoms with Gasteiger partial charge in [0.15, 0.2) is 11.5 Å². The highest BCUT2D eigenvalue weighted by Gasteiger charge is 2.46. The summed E-state index contributed by atoms with van der Waals surface area (Å²) in [6.45, 7) is 2.27. The smallest absolute Gasteiger partial charge is 0.162 e. The summed E-state index contributed by atoms with van der Waals surface area (Å²) < 4.78 is 10.9. The second-order valence-electron chi connectivity index (χ2n) is 6.18. The van der Waals surface area contributed by atoms with Crippen LogP contribution in [0, 0.1) is 11.8 Å². The van der Waals surface area contributed by atoms with Crippen LogP contribution in [0.5, 0.6) is 11.5 Å². The molecule has 20 heavy (non-hydrogen) atoms. The predicted octanol–water partition coefficient (Wildman–Crippen LogP) is 2.73. The summed E-state index contributed by atoms with van der Waals surface area (Å²) in [4.78, 5) is 2.60. The van der Waals surface area contributed by atoms with Gasteiger partial charge in [0.05, 0.1) is 25.6 Å². The molecule has 1 N–H and O–H groups in total. The van der Waals surface area contributed by atoms with E-state index in [4.69, 9.17) is 9.47 Å². The minimum absolute atomic E-state index is 0.660. The molecule has 0 aromatic heterocycles. The topological polar surface area (TPSA) is 33.7 Å². The van der Waals surface area contributed by atoms with Crippen molar-refractivity contribution in [2.24, 2.45) is 11.8 Å². The maximum absolute atomic E-state index is 5.47. The lowest BCUT2D eigenvalue weighted by atomic mass is 9.93. The number of hydrogen-bond acceptors (Lipinski definition) is 4. The fraction of sp³-hybridized carbons (Fsp3) is 0.625. The van der Waals surface area contributed by atoms with E-state index in [2.05, 4.69) is 22.3 Å². The van der Waals surface area contributed by atoms with Gasteiger partial charge in [0.25, 0.3) is 0 Å². The minimum atomic E-state index is 0.660. The van der Waals surface area contributed by atoms with Crippen LogP contribution in [-0.4, -0.2) is 33.4 Å². The molecule has 1 saturated heterocycles. The molecule has 4 rings (SSSR count). The number of ether oxygens (including phenoxy) is 2. The van der Waals surface area contributed by atoms with Crippen molar-refractivity contribution in [1.82, 2.24) is 0 Å². The molecule has 2 heterocycles. The SMILES string of the molecule is COc1cc2c(cc1OC)N1CC3CCCC3C1CN2. The standard InChI is InChI=1S/C16H22N2O2/c1-19-15-6-12-13(7-16(15)20-2)18-9-10-4-3-5-11(10)14(18)8-17-12/h6-7,10-11,14,17H,3-5,8-9H2,1-2H3. The second-order valence-corrected chi connectivity index (χ2v) is 6.18. The van der Waals surface area contributed by atoms with Crippen LogP contribution in [0.15, 0.2) is 12.1 Å². The van der Waals surface area contributed by atoms with Crippen molar-refractivity contribution in [3.05, 3.63) is 12.1 Å². The van der Waals surface area contributed by atoms with Gasteiger partial charge in [0, 0.05) is 31.3 Å². The van der Waals surface area contributed by atoms with Crippen LogP contribution >= 0.6 is 0 Å². The molecule has 3 unspecified atom stereocenters. The number of benzene rings is 1. The van der Waals surface area contributed by atoms with Gasteiger partial charge >= 0.3 is 0 Å². The van der Waals surface area contributed by atoms with Gasteiger partial charge in [-0.1, -0.05) is 6.42 Å². The molecule has 1 saturated carbocycles. The van der Waals surface area contributed by atoms with Crippen LogP contribution < -0.4 is 19.7 Å². The Kier molecular flexibility index (Phi) is 2.72. The van der Waals surface area contributed by atoms with Gasteiger partial charge in [0.2, 0.25) is 0 Å². The molecule has 4 nitrogen and oxygen atoms in total. The first kappa shape index (κ1) is 12.2. The average molecular weight is 274 g/mol. The first-order valence-corrected chi connectivity index (χ1v) is 7.58. The van der Waals surface area contributed by atoms with E-state index >= 15 is 0 Å². The average Bonchev–Trinajstić information content (AvgIpc) is 3.06. The normalized spacial score (nSPS) is 30.3. The van der Waals surface area contributed by atoms with E-state index in [0.29, 0.717) is 6.04 Å². The van der Waals surface area contributed by atoms with Crippen molar-refractivity contribution >= 4 is 11.4 Å². The van der Waals surface area contributed by atoms with Crippen LogP contribution in [0.4, 0.5) is 11.4 Å². The van der Waals surface area contributed by atoms with Gasteiger partial charge in [-0.15, -0.1) is 0 Å². The van der Waals surface area contributed by atoms with Gasteiger partial charge in [-0.05, 0) is 24.7 Å². The first-order chi connectivity index (χ1) is 9.81. The Morgan fingerprint density at radius 3 is 2.75 bits per heavy atom. The molecule has 0 radical (unpaired) electrons. The van der Waals surface area contributed by atoms with E-state index in [-0.39, 0.29) is 0 Å². The molecular weight excluding hydrogens is 252 g/mol. The summed E-state index contributed by atoms with van der Waals surface area (Å²) in [5.41, 5.74) is 2.46. The molecule has 3 atom stereocenters. The number of fused-ring (bicyclic) bond motifs is 5. The van der Waals surface area contributed by atoms with Crippen molar-refractivity contribution in [2.75, 3.05) is 37.5 Å². The number of methoxy groups -OCH3 is 2. The highest BCUT2D eigenvalue weighted by molar-refractivity contribution is 5.78. The highest BCUT2D eigenvalue weighted by Crippen LogP contribution is 2.49. The lowest BCUT2D eigenvalue weighted by molar-refractivity contribution is 0.355. The van der Waals surface area contributed by atoms with Crippen molar-refractivity contribution in [2.45, 2.75) is 25.3 Å². The summed E-state index contributed by atoms with van der Waals surface area (Å²) in [7, 11) is 3.40. The first-order valence-electron chi connectivity index (χ1n) is 7.58. The third-order valence-corrected chi connectivity index (χ3v) is 5.36. The molecule has 4 heteroatoms. The molecule has 1 aromatic rings. The van der Waals surface area contributed by atoms with Gasteiger partial charge < -0.3 is 19.7 Å². The molecule has 3 aliphatic rings. The van der Waals surface area contributed by atoms with Crippen LogP contribution in [0.25, 0.3) is 0 Å². The Bertz CT molecular complexity index is 531. The Morgan fingerprint density at radius 2 is 1.95 bits per heavy atom. The number of rotatable bonds is 2. The number of nitrogens with zero attached hydrogens (tertiary/aromatic N) is 1. The van der Waals surface area contributed by atoms with Crippen LogP contribution in [-0.2, 0) is 0 Å². The fourth-order valence-electron chi connectivity index (χ4n) is 4.42. The van der Waals surface area contributed by atoms with E-state index in [1.807, 2.05) is 0 Å². The maximum Gasteiger partial charge on any atom is 0.162 e. The van der Waals surface area contributed by atoms with Crippen molar-refractivity contribution in [3.8, 4) is 11.5 Å². The zero-order valence-corrected chi connectivity index (χ0v) is 12.2. The molecule has 0 bridgehead atoms. The van der Waals surface area contributed by atoms with E-state index in [1.54, 1.807) is 14.2 Å². The van der Waals surface area contributed by atoms with Crippen LogP contribution in [0.2, 0.25) is 0 Å². The molecular formula is C16H22N2O2. The van der Waals surface area contributed by atoms with Gasteiger partial charge in [-0.25, -0.2) is 0 Å². The largest absolute Gasteiger partial charge is 0.493 e. The number of hydrogen-bond donors (Lipinski definition) is 1. The zero-order chi connectivity index (χ0) is 13.7. The summed E-state index contributed by atoms with van der Waals surface area (Å²) in [5, 5.41) is 3.60. The van der Waals surface area contributed by atoms with Crippen molar-refractivity contribution < 1.29 is 9.47 Å². The van der Waals surface area contributed by atoms with E-state index in [1.165, 1.54) is 37.2 Å².